The summed E-state index contributed by atoms with van der Waals surface area (Å²) in [4.78, 5) is 43.7. The number of benzene rings is 3. The number of rotatable bonds is 10. The Hall–Kier alpha value is -4.61. The fourth-order valence-electron chi connectivity index (χ4n) is 10.9. The maximum absolute atomic E-state index is 14.5. The number of carbonyl (C=O) groups is 3. The predicted octanol–water partition coefficient (Wildman–Crippen LogP) is 6.78. The van der Waals surface area contributed by atoms with Gasteiger partial charge in [-0.15, -0.1) is 0 Å². The Morgan fingerprint density at radius 3 is 2.43 bits per heavy atom. The number of epoxide rings is 1. The molecular weight excluding hydrogens is 757 g/mol. The summed E-state index contributed by atoms with van der Waals surface area (Å²) >= 11 is 0. The topological polar surface area (TPSA) is 127 Å². The quantitative estimate of drug-likeness (QED) is 0.170. The van der Waals surface area contributed by atoms with Crippen molar-refractivity contribution in [2.45, 2.75) is 120 Å². The summed E-state index contributed by atoms with van der Waals surface area (Å²) < 4.78 is 26.1. The molecule has 6 aliphatic rings. The molecular formula is C50H58N2O8. The lowest BCUT2D eigenvalue weighted by Crippen LogP contribution is -2.51. The van der Waals surface area contributed by atoms with Crippen LogP contribution in [-0.4, -0.2) is 89.8 Å². The van der Waals surface area contributed by atoms with E-state index in [-0.39, 0.29) is 43.4 Å². The van der Waals surface area contributed by atoms with E-state index in [1.807, 2.05) is 54.6 Å². The number of aliphatic hydroxyl groups excluding tert-OH is 1. The maximum atomic E-state index is 14.5. The van der Waals surface area contributed by atoms with Crippen LogP contribution in [0, 0.1) is 17.3 Å². The first kappa shape index (κ1) is 40.8. The van der Waals surface area contributed by atoms with E-state index in [1.54, 1.807) is 19.2 Å². The van der Waals surface area contributed by atoms with E-state index in [9.17, 15) is 19.5 Å². The van der Waals surface area contributed by atoms with Gasteiger partial charge in [-0.2, -0.15) is 0 Å². The first-order valence-corrected chi connectivity index (χ1v) is 21.9. The highest BCUT2D eigenvalue weighted by molar-refractivity contribution is 5.97. The molecule has 3 aromatic carbocycles. The lowest BCUT2D eigenvalue weighted by Gasteiger charge is -2.53. The Kier molecular flexibility index (Phi) is 10.9. The molecule has 1 unspecified atom stereocenters. The summed E-state index contributed by atoms with van der Waals surface area (Å²) in [7, 11) is 1.62. The van der Waals surface area contributed by atoms with Gasteiger partial charge < -0.3 is 34.3 Å². The first-order chi connectivity index (χ1) is 28.8. The van der Waals surface area contributed by atoms with Gasteiger partial charge in [-0.1, -0.05) is 92.2 Å². The molecule has 0 bridgehead atoms. The van der Waals surface area contributed by atoms with Crippen molar-refractivity contribution in [3.05, 3.63) is 124 Å². The van der Waals surface area contributed by atoms with Crippen LogP contribution >= 0.6 is 0 Å². The molecule has 4 aliphatic carbocycles. The number of aliphatic hydroxyl groups is 1. The number of ether oxygens (including phenoxy) is 4. The number of nitrogens with zero attached hydrogens (tertiary/aromatic N) is 1. The molecule has 9 rings (SSSR count). The van der Waals surface area contributed by atoms with Gasteiger partial charge in [0.25, 0.3) is 0 Å². The van der Waals surface area contributed by atoms with Crippen molar-refractivity contribution in [3.8, 4) is 0 Å². The van der Waals surface area contributed by atoms with Crippen molar-refractivity contribution in [2.24, 2.45) is 17.3 Å². The van der Waals surface area contributed by atoms with Crippen LogP contribution in [0.15, 0.2) is 96.1 Å². The van der Waals surface area contributed by atoms with Gasteiger partial charge in [0.15, 0.2) is 5.79 Å². The van der Waals surface area contributed by atoms with Gasteiger partial charge in [0.2, 0.25) is 11.8 Å². The van der Waals surface area contributed by atoms with Crippen LogP contribution in [0.2, 0.25) is 0 Å². The van der Waals surface area contributed by atoms with Crippen molar-refractivity contribution < 1.29 is 38.4 Å². The van der Waals surface area contributed by atoms with Gasteiger partial charge in [-0.3, -0.25) is 9.59 Å². The molecule has 1 spiro atoms. The van der Waals surface area contributed by atoms with E-state index in [4.69, 9.17) is 18.9 Å². The van der Waals surface area contributed by atoms with Crippen LogP contribution in [0.3, 0.4) is 0 Å². The number of likely N-dealkylation sites (N-methyl/N-ethyl adjacent to an activating group) is 1. The van der Waals surface area contributed by atoms with Crippen LogP contribution in [0.1, 0.15) is 91.9 Å². The van der Waals surface area contributed by atoms with Gasteiger partial charge in [-0.25, -0.2) is 4.79 Å². The lowest BCUT2D eigenvalue weighted by molar-refractivity contribution is -0.172. The lowest BCUT2D eigenvalue weighted by atomic mass is 9.52. The molecule has 60 heavy (non-hydrogen) atoms. The van der Waals surface area contributed by atoms with Crippen molar-refractivity contribution in [1.29, 1.82) is 0 Å². The zero-order chi connectivity index (χ0) is 41.8. The van der Waals surface area contributed by atoms with Crippen molar-refractivity contribution in [2.75, 3.05) is 20.2 Å². The fraction of sp³-hybridized carbons (Fsp3) is 0.500. The largest absolute Gasteiger partial charge is 0.456 e. The molecule has 8 atom stereocenters. The van der Waals surface area contributed by atoms with Crippen molar-refractivity contribution >= 4 is 23.9 Å². The molecule has 10 heteroatoms. The molecule has 2 amide bonds. The SMILES string of the molecule is CN(C(=O)C1=C[C@H]2OC3(Cc4ccccc4C3)O[C@H]2[C@H](OC(=O)c2cccc(C=C3CCC4O[C@]4(C)CC[C@@H]4[C@@H]3CC4(C)C)c2)C1)[C@H](Cc1ccccc1)C(=O)NCCO. The van der Waals surface area contributed by atoms with E-state index in [1.165, 1.54) is 10.5 Å². The van der Waals surface area contributed by atoms with Crippen molar-refractivity contribution in [3.63, 3.8) is 0 Å². The minimum absolute atomic E-state index is 0.0107. The number of allylic oxidation sites excluding steroid dienone is 1. The average molecular weight is 815 g/mol. The minimum atomic E-state index is -0.954. The Morgan fingerprint density at radius 2 is 1.70 bits per heavy atom. The summed E-state index contributed by atoms with van der Waals surface area (Å²) in [5.74, 6) is -1.06. The molecule has 4 fully saturated rings. The molecule has 10 nitrogen and oxygen atoms in total. The number of carbonyl (C=O) groups excluding carboxylic acids is 3. The molecule has 2 heterocycles. The average Bonchev–Trinajstić information content (AvgIpc) is 3.52. The molecule has 316 valence electrons. The predicted molar refractivity (Wildman–Crippen MR) is 227 cm³/mol. The van der Waals surface area contributed by atoms with Crippen LogP contribution in [-0.2, 0) is 47.8 Å². The molecule has 0 radical (unpaired) electrons. The molecule has 2 saturated carbocycles. The van der Waals surface area contributed by atoms with Crippen LogP contribution in [0.5, 0.6) is 0 Å². The maximum Gasteiger partial charge on any atom is 0.338 e. The van der Waals surface area contributed by atoms with Gasteiger partial charge in [-0.05, 0) is 96.7 Å². The number of amides is 2. The van der Waals surface area contributed by atoms with E-state index >= 15 is 0 Å². The Labute approximate surface area is 353 Å². The number of esters is 1. The summed E-state index contributed by atoms with van der Waals surface area (Å²) in [6, 6.07) is 24.5. The number of fused-ring (bicyclic) bond motifs is 4. The van der Waals surface area contributed by atoms with Crippen LogP contribution in [0.4, 0.5) is 0 Å². The second-order valence-corrected chi connectivity index (χ2v) is 18.9. The second-order valence-electron chi connectivity index (χ2n) is 18.9. The zero-order valence-electron chi connectivity index (χ0n) is 35.2. The Bertz CT molecular complexity index is 2170. The molecule has 2 N–H and O–H groups in total. The van der Waals surface area contributed by atoms with Crippen molar-refractivity contribution in [1.82, 2.24) is 10.2 Å². The fourth-order valence-corrected chi connectivity index (χ4v) is 10.9. The number of hydrogen-bond acceptors (Lipinski definition) is 8. The highest BCUT2D eigenvalue weighted by atomic mass is 16.8. The highest BCUT2D eigenvalue weighted by Crippen LogP contribution is 2.60. The number of nitrogens with one attached hydrogen (secondary N) is 1. The third-order valence-electron chi connectivity index (χ3n) is 14.4. The molecule has 0 aromatic heterocycles. The van der Waals surface area contributed by atoms with Gasteiger partial charge in [0.1, 0.15) is 24.4 Å². The third kappa shape index (κ3) is 7.99. The molecule has 2 aliphatic heterocycles. The monoisotopic (exact) mass is 814 g/mol. The standard InChI is InChI=1S/C50H58N2O8/c1-48(2)30-38-33(17-18-43-49(3,59-43)20-19-39(38)48)23-32-13-10-16-34(24-32)47(56)57-41-26-37(27-42-44(41)60-50(58-42)28-35-14-8-9-15-36(35)29-50)46(55)52(4)40(45(54)51-21-22-53)25-31-11-6-5-7-12-31/h5-16,23-24,27,38-44,53H,17-22,25-26,28-30H2,1-4H3,(H,51,54)/t38-,39-,40-,41-,42-,43?,44+,49-/m1/s1. The van der Waals surface area contributed by atoms with E-state index in [0.717, 1.165) is 54.4 Å². The van der Waals surface area contributed by atoms with E-state index < -0.39 is 36.1 Å². The number of hydrogen-bond donors (Lipinski definition) is 2. The summed E-state index contributed by atoms with van der Waals surface area (Å²) in [6.07, 6.45) is 9.13. The van der Waals surface area contributed by atoms with Gasteiger partial charge in [0.05, 0.1) is 23.9 Å². The molecule has 3 aromatic rings. The first-order valence-electron chi connectivity index (χ1n) is 21.9. The Morgan fingerprint density at radius 1 is 0.950 bits per heavy atom. The van der Waals surface area contributed by atoms with E-state index in [2.05, 4.69) is 50.4 Å². The van der Waals surface area contributed by atoms with Gasteiger partial charge >= 0.3 is 5.97 Å². The summed E-state index contributed by atoms with van der Waals surface area (Å²) in [6.45, 7) is 6.89. The highest BCUT2D eigenvalue weighted by Gasteiger charge is 2.57. The third-order valence-corrected chi connectivity index (χ3v) is 14.4. The van der Waals surface area contributed by atoms with Crippen LogP contribution < -0.4 is 5.32 Å². The normalized spacial score (nSPS) is 30.5. The van der Waals surface area contributed by atoms with Gasteiger partial charge in [0, 0.05) is 44.8 Å². The van der Waals surface area contributed by atoms with Crippen LogP contribution in [0.25, 0.3) is 6.08 Å². The second kappa shape index (κ2) is 16.0. The summed E-state index contributed by atoms with van der Waals surface area (Å²) in [5, 5.41) is 12.2. The smallest absolute Gasteiger partial charge is 0.338 e. The minimum Gasteiger partial charge on any atom is -0.456 e. The summed E-state index contributed by atoms with van der Waals surface area (Å²) in [5.41, 5.74) is 6.69. The van der Waals surface area contributed by atoms with E-state index in [0.29, 0.717) is 47.3 Å². The Balaban J connectivity index is 0.972. The molecule has 2 saturated heterocycles. The zero-order valence-corrected chi connectivity index (χ0v) is 35.2.